The van der Waals surface area contributed by atoms with Gasteiger partial charge >= 0.3 is 0 Å². The van der Waals surface area contributed by atoms with Gasteiger partial charge in [-0.2, -0.15) is 0 Å². The molecule has 0 saturated carbocycles. The number of carbonyl (C=O) groups excluding carboxylic acids is 1. The molecule has 0 N–H and O–H groups in total. The van der Waals surface area contributed by atoms with Crippen LogP contribution in [-0.4, -0.2) is 11.3 Å². The van der Waals surface area contributed by atoms with Crippen molar-refractivity contribution in [3.63, 3.8) is 0 Å². The lowest BCUT2D eigenvalue weighted by atomic mass is 10.0. The number of benzene rings is 1. The summed E-state index contributed by atoms with van der Waals surface area (Å²) in [4.78, 5) is 11.1. The van der Waals surface area contributed by atoms with Crippen LogP contribution in [0.15, 0.2) is 18.2 Å². The first-order chi connectivity index (χ1) is 9.58. The summed E-state index contributed by atoms with van der Waals surface area (Å²) in [5, 5.41) is -0.457. The lowest BCUT2D eigenvalue weighted by molar-refractivity contribution is -0.117. The molecule has 0 aliphatic rings. The number of rotatable bonds is 9. The van der Waals surface area contributed by atoms with Crippen molar-refractivity contribution in [2.24, 2.45) is 0 Å². The summed E-state index contributed by atoms with van der Waals surface area (Å²) in [6.45, 7) is 6.06. The van der Waals surface area contributed by atoms with Crippen molar-refractivity contribution in [2.45, 2.75) is 65.4 Å². The van der Waals surface area contributed by atoms with Crippen molar-refractivity contribution >= 4 is 16.8 Å². The van der Waals surface area contributed by atoms with Gasteiger partial charge in [-0.15, -0.1) is 0 Å². The SMILES string of the molecule is CCCCc1ccc(O[C@H](C)C(=O)Cl)c(CCCC)c1. The Balaban J connectivity index is 2.87. The molecular weight excluding hydrogens is 272 g/mol. The molecule has 0 bridgehead atoms. The second kappa shape index (κ2) is 9.02. The molecule has 0 spiro atoms. The van der Waals surface area contributed by atoms with E-state index in [4.69, 9.17) is 16.3 Å². The maximum Gasteiger partial charge on any atom is 0.262 e. The second-order valence-corrected chi connectivity index (χ2v) is 5.59. The molecule has 1 aromatic carbocycles. The van der Waals surface area contributed by atoms with Crippen LogP contribution in [0.1, 0.15) is 57.6 Å². The Bertz CT molecular complexity index is 429. The van der Waals surface area contributed by atoms with Crippen molar-refractivity contribution in [3.05, 3.63) is 29.3 Å². The number of halogens is 1. The minimum absolute atomic E-state index is 0.457. The first-order valence-corrected chi connectivity index (χ1v) is 7.94. The maximum atomic E-state index is 11.1. The standard InChI is InChI=1S/C17H25ClO2/c1-4-6-8-14-10-11-16(20-13(3)17(18)19)15(12-14)9-7-5-2/h10-13H,4-9H2,1-3H3/t13-/m1/s1. The van der Waals surface area contributed by atoms with Gasteiger partial charge in [-0.1, -0.05) is 38.8 Å². The molecule has 1 rings (SSSR count). The third kappa shape index (κ3) is 5.54. The molecule has 0 radical (unpaired) electrons. The summed E-state index contributed by atoms with van der Waals surface area (Å²) < 4.78 is 5.68. The van der Waals surface area contributed by atoms with E-state index in [2.05, 4.69) is 26.0 Å². The molecule has 0 fully saturated rings. The highest BCUT2D eigenvalue weighted by atomic mass is 35.5. The minimum Gasteiger partial charge on any atom is -0.481 e. The highest BCUT2D eigenvalue weighted by Crippen LogP contribution is 2.24. The number of carbonyl (C=O) groups is 1. The Morgan fingerprint density at radius 2 is 1.85 bits per heavy atom. The Hall–Kier alpha value is -1.02. The van der Waals surface area contributed by atoms with Crippen molar-refractivity contribution in [2.75, 3.05) is 0 Å². The van der Waals surface area contributed by atoms with Crippen molar-refractivity contribution in [1.82, 2.24) is 0 Å². The van der Waals surface area contributed by atoms with Crippen molar-refractivity contribution in [3.8, 4) is 5.75 Å². The summed E-state index contributed by atoms with van der Waals surface area (Å²) in [6.07, 6.45) is 6.14. The summed E-state index contributed by atoms with van der Waals surface area (Å²) in [5.41, 5.74) is 2.53. The van der Waals surface area contributed by atoms with E-state index in [1.165, 1.54) is 24.0 Å². The van der Waals surface area contributed by atoms with E-state index >= 15 is 0 Å². The molecule has 0 amide bonds. The molecule has 0 saturated heterocycles. The summed E-state index contributed by atoms with van der Waals surface area (Å²) in [6, 6.07) is 6.28. The number of aryl methyl sites for hydroxylation is 2. The second-order valence-electron chi connectivity index (χ2n) is 5.21. The predicted octanol–water partition coefficient (Wildman–Crippen LogP) is 4.90. The van der Waals surface area contributed by atoms with Crippen LogP contribution in [0.3, 0.4) is 0 Å². The molecule has 0 aliphatic carbocycles. The molecule has 2 nitrogen and oxygen atoms in total. The number of unbranched alkanes of at least 4 members (excludes halogenated alkanes) is 2. The fourth-order valence-electron chi connectivity index (χ4n) is 2.08. The zero-order valence-electron chi connectivity index (χ0n) is 12.7. The Kier molecular flexibility index (Phi) is 7.68. The highest BCUT2D eigenvalue weighted by molar-refractivity contribution is 6.64. The maximum absolute atomic E-state index is 11.1. The Labute approximate surface area is 127 Å². The van der Waals surface area contributed by atoms with Gasteiger partial charge < -0.3 is 4.74 Å². The molecule has 0 unspecified atom stereocenters. The van der Waals surface area contributed by atoms with Gasteiger partial charge in [0, 0.05) is 0 Å². The number of ether oxygens (including phenoxy) is 1. The normalized spacial score (nSPS) is 12.2. The van der Waals surface area contributed by atoms with Crippen LogP contribution >= 0.6 is 11.6 Å². The molecule has 20 heavy (non-hydrogen) atoms. The minimum atomic E-state index is -0.599. The quantitative estimate of drug-likeness (QED) is 0.606. The number of hydrogen-bond acceptors (Lipinski definition) is 2. The predicted molar refractivity (Wildman–Crippen MR) is 84.6 cm³/mol. The summed E-state index contributed by atoms with van der Waals surface area (Å²) in [7, 11) is 0. The van der Waals surface area contributed by atoms with Crippen LogP contribution in [0.4, 0.5) is 0 Å². The van der Waals surface area contributed by atoms with Gasteiger partial charge in [0.2, 0.25) is 0 Å². The van der Waals surface area contributed by atoms with Crippen LogP contribution in [-0.2, 0) is 17.6 Å². The van der Waals surface area contributed by atoms with E-state index in [1.54, 1.807) is 6.92 Å². The average Bonchev–Trinajstić information content (AvgIpc) is 2.44. The molecule has 1 atom stereocenters. The van der Waals surface area contributed by atoms with Gasteiger partial charge in [0.05, 0.1) is 0 Å². The van der Waals surface area contributed by atoms with Crippen LogP contribution in [0.25, 0.3) is 0 Å². The fourth-order valence-corrected chi connectivity index (χ4v) is 2.13. The Morgan fingerprint density at radius 3 is 2.45 bits per heavy atom. The van der Waals surface area contributed by atoms with Crippen molar-refractivity contribution < 1.29 is 9.53 Å². The fraction of sp³-hybridized carbons (Fsp3) is 0.588. The lowest BCUT2D eigenvalue weighted by Crippen LogP contribution is -2.19. The topological polar surface area (TPSA) is 26.3 Å². The smallest absolute Gasteiger partial charge is 0.262 e. The van der Waals surface area contributed by atoms with Crippen LogP contribution < -0.4 is 4.74 Å². The summed E-state index contributed by atoms with van der Waals surface area (Å²) in [5.74, 6) is 0.792. The van der Waals surface area contributed by atoms with E-state index in [0.29, 0.717) is 0 Å². The third-order valence-electron chi connectivity index (χ3n) is 3.37. The van der Waals surface area contributed by atoms with E-state index in [9.17, 15) is 4.79 Å². The van der Waals surface area contributed by atoms with Gasteiger partial charge in [-0.05, 0) is 61.4 Å². The molecule has 1 aromatic rings. The van der Waals surface area contributed by atoms with Crippen LogP contribution in [0.2, 0.25) is 0 Å². The highest BCUT2D eigenvalue weighted by Gasteiger charge is 2.14. The van der Waals surface area contributed by atoms with E-state index in [0.717, 1.165) is 31.4 Å². The molecule has 0 aromatic heterocycles. The molecular formula is C17H25ClO2. The van der Waals surface area contributed by atoms with Gasteiger partial charge in [0.1, 0.15) is 5.75 Å². The lowest BCUT2D eigenvalue weighted by Gasteiger charge is -2.16. The number of hydrogen-bond donors (Lipinski definition) is 0. The van der Waals surface area contributed by atoms with Gasteiger partial charge in [0.25, 0.3) is 5.24 Å². The van der Waals surface area contributed by atoms with Crippen molar-refractivity contribution in [1.29, 1.82) is 0 Å². The van der Waals surface area contributed by atoms with E-state index in [1.807, 2.05) is 6.07 Å². The largest absolute Gasteiger partial charge is 0.481 e. The monoisotopic (exact) mass is 296 g/mol. The molecule has 0 aliphatic heterocycles. The van der Waals surface area contributed by atoms with Gasteiger partial charge in [-0.25, -0.2) is 0 Å². The molecule has 0 heterocycles. The average molecular weight is 297 g/mol. The van der Waals surface area contributed by atoms with Crippen LogP contribution in [0, 0.1) is 0 Å². The van der Waals surface area contributed by atoms with Gasteiger partial charge in [-0.3, -0.25) is 4.79 Å². The van der Waals surface area contributed by atoms with Gasteiger partial charge in [0.15, 0.2) is 6.10 Å². The summed E-state index contributed by atoms with van der Waals surface area (Å²) >= 11 is 5.47. The first kappa shape index (κ1) is 17.0. The van der Waals surface area contributed by atoms with E-state index in [-0.39, 0.29) is 0 Å². The third-order valence-corrected chi connectivity index (χ3v) is 3.67. The molecule has 112 valence electrons. The van der Waals surface area contributed by atoms with E-state index < -0.39 is 11.3 Å². The van der Waals surface area contributed by atoms with Crippen LogP contribution in [0.5, 0.6) is 5.75 Å². The zero-order valence-corrected chi connectivity index (χ0v) is 13.5. The Morgan fingerprint density at radius 1 is 1.20 bits per heavy atom. The zero-order chi connectivity index (χ0) is 15.0. The first-order valence-electron chi connectivity index (χ1n) is 7.56. The molecule has 3 heteroatoms.